The van der Waals surface area contributed by atoms with Crippen molar-refractivity contribution in [1.29, 1.82) is 0 Å². The highest BCUT2D eigenvalue weighted by Gasteiger charge is 1.98. The molecular formula is C6H4BrN3S. The Labute approximate surface area is 76.0 Å². The third kappa shape index (κ3) is 1.10. The van der Waals surface area contributed by atoms with Gasteiger partial charge in [-0.05, 0) is 28.1 Å². The fourth-order valence-corrected chi connectivity index (χ4v) is 1.57. The second kappa shape index (κ2) is 2.42. The molecule has 2 aromatic rings. The number of fused-ring (bicyclic) bond motifs is 1. The van der Waals surface area contributed by atoms with Crippen LogP contribution in [0.1, 0.15) is 0 Å². The van der Waals surface area contributed by atoms with Gasteiger partial charge in [-0.15, -0.1) is 0 Å². The van der Waals surface area contributed by atoms with Crippen molar-refractivity contribution < 1.29 is 0 Å². The summed E-state index contributed by atoms with van der Waals surface area (Å²) in [5.74, 6) is 0. The second-order valence-electron chi connectivity index (χ2n) is 2.12. The van der Waals surface area contributed by atoms with Gasteiger partial charge in [0.2, 0.25) is 0 Å². The first kappa shape index (κ1) is 7.00. The predicted molar refractivity (Wildman–Crippen MR) is 49.0 cm³/mol. The zero-order valence-electron chi connectivity index (χ0n) is 5.39. The van der Waals surface area contributed by atoms with Gasteiger partial charge in [0.25, 0.3) is 0 Å². The molecule has 0 unspecified atom stereocenters. The van der Waals surface area contributed by atoms with Crippen molar-refractivity contribution in [3.05, 3.63) is 21.6 Å². The average molecular weight is 230 g/mol. The van der Waals surface area contributed by atoms with Crippen molar-refractivity contribution in [1.82, 2.24) is 15.0 Å². The Hall–Kier alpha value is -0.680. The molecule has 2 rings (SSSR count). The first-order valence-electron chi connectivity index (χ1n) is 2.99. The lowest BCUT2D eigenvalue weighted by molar-refractivity contribution is 1.29. The lowest BCUT2D eigenvalue weighted by Gasteiger charge is -1.88. The highest BCUT2D eigenvalue weighted by Crippen LogP contribution is 2.18. The summed E-state index contributed by atoms with van der Waals surface area (Å²) >= 11 is 8.26. The third-order valence-corrected chi connectivity index (χ3v) is 2.19. The number of H-pyrrole nitrogens is 2. The van der Waals surface area contributed by atoms with E-state index in [9.17, 15) is 0 Å². The van der Waals surface area contributed by atoms with Crippen LogP contribution in [-0.4, -0.2) is 15.0 Å². The molecule has 3 nitrogen and oxygen atoms in total. The van der Waals surface area contributed by atoms with Gasteiger partial charge >= 0.3 is 0 Å². The molecule has 11 heavy (non-hydrogen) atoms. The summed E-state index contributed by atoms with van der Waals surface area (Å²) in [6.07, 6.45) is 3.45. The van der Waals surface area contributed by atoms with E-state index >= 15 is 0 Å². The first-order valence-corrected chi connectivity index (χ1v) is 4.19. The normalized spacial score (nSPS) is 10.6. The number of halogens is 1. The van der Waals surface area contributed by atoms with E-state index in [1.54, 1.807) is 12.4 Å². The van der Waals surface area contributed by atoms with E-state index in [-0.39, 0.29) is 0 Å². The van der Waals surface area contributed by atoms with Crippen LogP contribution in [0.15, 0.2) is 16.9 Å². The number of nitrogens with zero attached hydrogens (tertiary/aromatic N) is 1. The van der Waals surface area contributed by atoms with Gasteiger partial charge in [-0.1, -0.05) is 0 Å². The Balaban J connectivity index is 3.01. The summed E-state index contributed by atoms with van der Waals surface area (Å²) in [7, 11) is 0. The molecule has 0 radical (unpaired) electrons. The lowest BCUT2D eigenvalue weighted by atomic mass is 10.4. The van der Waals surface area contributed by atoms with Gasteiger partial charge in [-0.2, -0.15) is 0 Å². The Morgan fingerprint density at radius 2 is 2.18 bits per heavy atom. The molecule has 0 aliphatic rings. The Morgan fingerprint density at radius 1 is 1.36 bits per heavy atom. The van der Waals surface area contributed by atoms with Gasteiger partial charge in [0, 0.05) is 6.20 Å². The van der Waals surface area contributed by atoms with Crippen LogP contribution < -0.4 is 0 Å². The van der Waals surface area contributed by atoms with Crippen molar-refractivity contribution in [2.75, 3.05) is 0 Å². The largest absolute Gasteiger partial charge is 0.330 e. The van der Waals surface area contributed by atoms with Crippen molar-refractivity contribution in [2.24, 2.45) is 0 Å². The van der Waals surface area contributed by atoms with Gasteiger partial charge in [0.15, 0.2) is 4.77 Å². The van der Waals surface area contributed by atoms with E-state index in [1.807, 2.05) is 0 Å². The van der Waals surface area contributed by atoms with Crippen molar-refractivity contribution in [2.45, 2.75) is 0 Å². The Bertz CT molecular complexity index is 444. The molecule has 0 aliphatic heterocycles. The SMILES string of the molecule is S=c1[nH]c2cncc(Br)c2[nH]1. The van der Waals surface area contributed by atoms with E-state index in [0.29, 0.717) is 4.77 Å². The summed E-state index contributed by atoms with van der Waals surface area (Å²) in [6, 6.07) is 0. The minimum absolute atomic E-state index is 0.619. The van der Waals surface area contributed by atoms with E-state index < -0.39 is 0 Å². The molecule has 0 bridgehead atoms. The van der Waals surface area contributed by atoms with Crippen molar-refractivity contribution in [3.63, 3.8) is 0 Å². The summed E-state index contributed by atoms with van der Waals surface area (Å²) in [6.45, 7) is 0. The maximum Gasteiger partial charge on any atom is 0.175 e. The number of hydrogen-bond acceptors (Lipinski definition) is 2. The minimum atomic E-state index is 0.619. The number of imidazole rings is 1. The summed E-state index contributed by atoms with van der Waals surface area (Å²) in [5, 5.41) is 0. The molecule has 56 valence electrons. The third-order valence-electron chi connectivity index (χ3n) is 1.39. The van der Waals surface area contributed by atoms with Crippen LogP contribution in [0.25, 0.3) is 11.0 Å². The number of aromatic amines is 2. The molecule has 0 aliphatic carbocycles. The monoisotopic (exact) mass is 229 g/mol. The zero-order valence-corrected chi connectivity index (χ0v) is 7.79. The van der Waals surface area contributed by atoms with Crippen LogP contribution >= 0.6 is 28.1 Å². The van der Waals surface area contributed by atoms with Gasteiger partial charge in [0.05, 0.1) is 21.7 Å². The molecule has 0 aromatic carbocycles. The van der Waals surface area contributed by atoms with E-state index in [1.165, 1.54) is 0 Å². The number of pyridine rings is 1. The van der Waals surface area contributed by atoms with Gasteiger partial charge in [-0.3, -0.25) is 4.98 Å². The maximum atomic E-state index is 4.91. The number of rotatable bonds is 0. The predicted octanol–water partition coefficient (Wildman–Crippen LogP) is 2.38. The Kier molecular flexibility index (Phi) is 1.54. The quantitative estimate of drug-likeness (QED) is 0.682. The zero-order chi connectivity index (χ0) is 7.84. The topological polar surface area (TPSA) is 44.5 Å². The van der Waals surface area contributed by atoms with Crippen LogP contribution in [0, 0.1) is 4.77 Å². The smallest absolute Gasteiger partial charge is 0.175 e. The Morgan fingerprint density at radius 3 is 2.91 bits per heavy atom. The maximum absolute atomic E-state index is 4.91. The molecule has 0 saturated heterocycles. The summed E-state index contributed by atoms with van der Waals surface area (Å²) in [5.41, 5.74) is 1.88. The summed E-state index contributed by atoms with van der Waals surface area (Å²) in [4.78, 5) is 9.95. The van der Waals surface area contributed by atoms with E-state index in [4.69, 9.17) is 12.2 Å². The van der Waals surface area contributed by atoms with Gasteiger partial charge in [-0.25, -0.2) is 0 Å². The highest BCUT2D eigenvalue weighted by atomic mass is 79.9. The molecule has 0 atom stereocenters. The van der Waals surface area contributed by atoms with Gasteiger partial charge < -0.3 is 9.97 Å². The molecule has 2 heterocycles. The number of nitrogens with one attached hydrogen (secondary N) is 2. The van der Waals surface area contributed by atoms with Gasteiger partial charge in [0.1, 0.15) is 0 Å². The molecular weight excluding hydrogens is 226 g/mol. The molecule has 2 N–H and O–H groups in total. The lowest BCUT2D eigenvalue weighted by Crippen LogP contribution is -1.74. The molecule has 5 heteroatoms. The van der Waals surface area contributed by atoms with E-state index in [2.05, 4.69) is 30.9 Å². The molecule has 0 spiro atoms. The minimum Gasteiger partial charge on any atom is -0.330 e. The van der Waals surface area contributed by atoms with Crippen LogP contribution in [-0.2, 0) is 0 Å². The number of aromatic nitrogens is 3. The van der Waals surface area contributed by atoms with E-state index in [0.717, 1.165) is 15.5 Å². The van der Waals surface area contributed by atoms with Crippen LogP contribution in [0.2, 0.25) is 0 Å². The standard InChI is InChI=1S/C6H4BrN3S/c7-3-1-8-2-4-5(3)10-6(11)9-4/h1-2H,(H2,9,10,11). The average Bonchev–Trinajstić information content (AvgIpc) is 2.31. The van der Waals surface area contributed by atoms with Crippen LogP contribution in [0.3, 0.4) is 0 Å². The van der Waals surface area contributed by atoms with Crippen LogP contribution in [0.5, 0.6) is 0 Å². The summed E-state index contributed by atoms with van der Waals surface area (Å²) < 4.78 is 1.54. The molecule has 0 amide bonds. The fourth-order valence-electron chi connectivity index (χ4n) is 0.924. The first-order chi connectivity index (χ1) is 5.27. The molecule has 0 fully saturated rings. The molecule has 2 aromatic heterocycles. The second-order valence-corrected chi connectivity index (χ2v) is 3.39. The fraction of sp³-hybridized carbons (Fsp3) is 0. The molecule has 0 saturated carbocycles. The van der Waals surface area contributed by atoms with Crippen molar-refractivity contribution >= 4 is 39.2 Å². The highest BCUT2D eigenvalue weighted by molar-refractivity contribution is 9.10. The van der Waals surface area contributed by atoms with Crippen molar-refractivity contribution in [3.8, 4) is 0 Å². The number of hydrogen-bond donors (Lipinski definition) is 2. The van der Waals surface area contributed by atoms with Crippen LogP contribution in [0.4, 0.5) is 0 Å².